The highest BCUT2D eigenvalue weighted by atomic mass is 16.3. The molecule has 25 heavy (non-hydrogen) atoms. The summed E-state index contributed by atoms with van der Waals surface area (Å²) in [4.78, 5) is 0. The van der Waals surface area contributed by atoms with Gasteiger partial charge < -0.3 is 5.11 Å². The smallest absolute Gasteiger partial charge is 0.0690 e. The second-order valence-corrected chi connectivity index (χ2v) is 8.43. The summed E-state index contributed by atoms with van der Waals surface area (Å²) in [6.45, 7) is 0. The highest BCUT2D eigenvalue weighted by Gasteiger charge is 2.43. The van der Waals surface area contributed by atoms with Gasteiger partial charge >= 0.3 is 0 Å². The van der Waals surface area contributed by atoms with Gasteiger partial charge in [0.25, 0.3) is 0 Å². The molecule has 4 rings (SSSR count). The molecular formula is C24H30O. The molecule has 0 radical (unpaired) electrons. The van der Waals surface area contributed by atoms with Crippen molar-refractivity contribution in [1.29, 1.82) is 0 Å². The van der Waals surface area contributed by atoms with Crippen LogP contribution in [0.15, 0.2) is 60.7 Å². The zero-order valence-electron chi connectivity index (χ0n) is 15.1. The minimum Gasteiger partial charge on any atom is -0.390 e. The quantitative estimate of drug-likeness (QED) is 0.791. The van der Waals surface area contributed by atoms with Gasteiger partial charge in [-0.3, -0.25) is 0 Å². The maximum absolute atomic E-state index is 11.3. The van der Waals surface area contributed by atoms with E-state index in [1.165, 1.54) is 43.2 Å². The fraction of sp³-hybridized carbons (Fsp3) is 0.500. The summed E-state index contributed by atoms with van der Waals surface area (Å²) in [5.41, 5.74) is 2.23. The first-order valence-corrected chi connectivity index (χ1v) is 10.0. The van der Waals surface area contributed by atoms with Crippen LogP contribution in [0.2, 0.25) is 0 Å². The Bertz CT molecular complexity index is 665. The van der Waals surface area contributed by atoms with Crippen molar-refractivity contribution < 1.29 is 5.11 Å². The Morgan fingerprint density at radius 1 is 0.840 bits per heavy atom. The predicted octanol–water partition coefficient (Wildman–Crippen LogP) is 5.42. The van der Waals surface area contributed by atoms with Crippen LogP contribution >= 0.6 is 0 Å². The van der Waals surface area contributed by atoms with E-state index in [2.05, 4.69) is 60.7 Å². The van der Waals surface area contributed by atoms with Gasteiger partial charge in [0.05, 0.1) is 5.60 Å². The zero-order chi connectivity index (χ0) is 17.1. The normalized spacial score (nSPS) is 32.1. The van der Waals surface area contributed by atoms with Crippen LogP contribution in [-0.4, -0.2) is 10.7 Å². The molecule has 0 heterocycles. The van der Waals surface area contributed by atoms with Crippen molar-refractivity contribution in [2.45, 2.75) is 57.0 Å². The topological polar surface area (TPSA) is 20.2 Å². The lowest BCUT2D eigenvalue weighted by Gasteiger charge is -2.48. The molecule has 1 heteroatoms. The summed E-state index contributed by atoms with van der Waals surface area (Å²) in [7, 11) is 0. The molecule has 0 bridgehead atoms. The van der Waals surface area contributed by atoms with Crippen LogP contribution in [-0.2, 0) is 12.8 Å². The van der Waals surface area contributed by atoms with Crippen LogP contribution in [0.3, 0.4) is 0 Å². The van der Waals surface area contributed by atoms with Crippen molar-refractivity contribution >= 4 is 0 Å². The summed E-state index contributed by atoms with van der Waals surface area (Å²) in [5.74, 6) is 2.26. The molecule has 2 fully saturated rings. The van der Waals surface area contributed by atoms with Gasteiger partial charge in [-0.2, -0.15) is 0 Å². The molecule has 0 amide bonds. The minimum atomic E-state index is -0.505. The molecular weight excluding hydrogens is 304 g/mol. The van der Waals surface area contributed by atoms with Crippen molar-refractivity contribution in [2.75, 3.05) is 0 Å². The Balaban J connectivity index is 1.48. The van der Waals surface area contributed by atoms with E-state index >= 15 is 0 Å². The Labute approximate surface area is 152 Å². The molecule has 132 valence electrons. The first kappa shape index (κ1) is 16.8. The molecule has 2 aliphatic carbocycles. The Morgan fingerprint density at radius 3 is 2.24 bits per heavy atom. The maximum atomic E-state index is 11.3. The standard InChI is InChI=1S/C24H30O/c25-24(17-20-10-5-2-6-11-20)15-14-21-12-7-13-22(23(21)18-24)16-19-8-3-1-4-9-19/h1-6,8-11,21-23,25H,7,12-18H2. The van der Waals surface area contributed by atoms with Gasteiger partial charge in [0, 0.05) is 6.42 Å². The summed E-state index contributed by atoms with van der Waals surface area (Å²) in [6.07, 6.45) is 9.24. The number of hydrogen-bond acceptors (Lipinski definition) is 1. The van der Waals surface area contributed by atoms with Crippen LogP contribution < -0.4 is 0 Å². The Kier molecular flexibility index (Phi) is 4.94. The van der Waals surface area contributed by atoms with Crippen LogP contribution in [0, 0.1) is 17.8 Å². The molecule has 4 unspecified atom stereocenters. The van der Waals surface area contributed by atoms with Crippen LogP contribution in [0.25, 0.3) is 0 Å². The molecule has 0 aromatic heterocycles. The van der Waals surface area contributed by atoms with E-state index in [1.807, 2.05) is 0 Å². The predicted molar refractivity (Wildman–Crippen MR) is 103 cm³/mol. The van der Waals surface area contributed by atoms with Crippen molar-refractivity contribution in [2.24, 2.45) is 17.8 Å². The van der Waals surface area contributed by atoms with Crippen molar-refractivity contribution in [3.63, 3.8) is 0 Å². The molecule has 1 nitrogen and oxygen atoms in total. The zero-order valence-corrected chi connectivity index (χ0v) is 15.1. The summed E-state index contributed by atoms with van der Waals surface area (Å²) >= 11 is 0. The third-order valence-corrected chi connectivity index (χ3v) is 6.67. The third-order valence-electron chi connectivity index (χ3n) is 6.67. The molecule has 2 saturated carbocycles. The monoisotopic (exact) mass is 334 g/mol. The van der Waals surface area contributed by atoms with Crippen molar-refractivity contribution in [3.8, 4) is 0 Å². The van der Waals surface area contributed by atoms with Crippen LogP contribution in [0.5, 0.6) is 0 Å². The summed E-state index contributed by atoms with van der Waals surface area (Å²) in [5, 5.41) is 11.3. The van der Waals surface area contributed by atoms with Gasteiger partial charge in [0.1, 0.15) is 0 Å². The SMILES string of the molecule is OC1(Cc2ccccc2)CCC2CCCC(Cc3ccccc3)C2C1. The molecule has 2 aromatic carbocycles. The van der Waals surface area contributed by atoms with E-state index in [9.17, 15) is 5.11 Å². The number of rotatable bonds is 4. The molecule has 2 aromatic rings. The Morgan fingerprint density at radius 2 is 1.52 bits per heavy atom. The number of aliphatic hydroxyl groups is 1. The van der Waals surface area contributed by atoms with Crippen molar-refractivity contribution in [1.82, 2.24) is 0 Å². The van der Waals surface area contributed by atoms with E-state index in [0.717, 1.165) is 31.1 Å². The van der Waals surface area contributed by atoms with E-state index < -0.39 is 5.60 Å². The van der Waals surface area contributed by atoms with Crippen LogP contribution in [0.1, 0.15) is 49.7 Å². The van der Waals surface area contributed by atoms with E-state index in [-0.39, 0.29) is 0 Å². The molecule has 2 aliphatic rings. The Hall–Kier alpha value is -1.60. The maximum Gasteiger partial charge on any atom is 0.0690 e. The fourth-order valence-corrected chi connectivity index (χ4v) is 5.45. The first-order valence-electron chi connectivity index (χ1n) is 10.0. The van der Waals surface area contributed by atoms with Gasteiger partial charge in [0.15, 0.2) is 0 Å². The molecule has 1 N–H and O–H groups in total. The minimum absolute atomic E-state index is 0.505. The first-order chi connectivity index (χ1) is 12.2. The van der Waals surface area contributed by atoms with E-state index in [1.54, 1.807) is 0 Å². The van der Waals surface area contributed by atoms with Gasteiger partial charge in [-0.05, 0) is 61.0 Å². The molecule has 0 spiro atoms. The number of benzene rings is 2. The fourth-order valence-electron chi connectivity index (χ4n) is 5.45. The second-order valence-electron chi connectivity index (χ2n) is 8.43. The van der Waals surface area contributed by atoms with E-state index in [4.69, 9.17) is 0 Å². The van der Waals surface area contributed by atoms with Gasteiger partial charge in [-0.15, -0.1) is 0 Å². The average molecular weight is 335 g/mol. The summed E-state index contributed by atoms with van der Waals surface area (Å²) in [6, 6.07) is 21.5. The highest BCUT2D eigenvalue weighted by molar-refractivity contribution is 5.19. The van der Waals surface area contributed by atoms with Gasteiger partial charge in [-0.1, -0.05) is 73.5 Å². The lowest BCUT2D eigenvalue weighted by Crippen LogP contribution is -2.45. The largest absolute Gasteiger partial charge is 0.390 e. The lowest BCUT2D eigenvalue weighted by molar-refractivity contribution is -0.0607. The van der Waals surface area contributed by atoms with Crippen molar-refractivity contribution in [3.05, 3.63) is 71.8 Å². The highest BCUT2D eigenvalue weighted by Crippen LogP contribution is 2.48. The lowest BCUT2D eigenvalue weighted by atomic mass is 9.60. The third kappa shape index (κ3) is 3.98. The van der Waals surface area contributed by atoms with Gasteiger partial charge in [-0.25, -0.2) is 0 Å². The molecule has 4 atom stereocenters. The number of hydrogen-bond donors (Lipinski definition) is 1. The molecule has 0 saturated heterocycles. The average Bonchev–Trinajstić information content (AvgIpc) is 2.64. The molecule has 0 aliphatic heterocycles. The van der Waals surface area contributed by atoms with Gasteiger partial charge in [0.2, 0.25) is 0 Å². The summed E-state index contributed by atoms with van der Waals surface area (Å²) < 4.78 is 0. The van der Waals surface area contributed by atoms with Crippen LogP contribution in [0.4, 0.5) is 0 Å². The second kappa shape index (κ2) is 7.33. The van der Waals surface area contributed by atoms with E-state index in [0.29, 0.717) is 5.92 Å². The number of fused-ring (bicyclic) bond motifs is 1.